The average Bonchev–Trinajstić information content (AvgIpc) is 3.14. The van der Waals surface area contributed by atoms with Crippen molar-refractivity contribution in [2.75, 3.05) is 32.8 Å². The van der Waals surface area contributed by atoms with Crippen molar-refractivity contribution in [3.63, 3.8) is 0 Å². The Morgan fingerprint density at radius 3 is 2.54 bits per heavy atom. The minimum atomic E-state index is -3.82. The summed E-state index contributed by atoms with van der Waals surface area (Å²) in [7, 11) is -3.82. The first-order chi connectivity index (χ1) is 12.5. The topological polar surface area (TPSA) is 95.6 Å². The predicted octanol–water partition coefficient (Wildman–Crippen LogP) is 1.09. The molecule has 0 atom stereocenters. The van der Waals surface area contributed by atoms with Gasteiger partial charge in [-0.25, -0.2) is 13.2 Å². The highest BCUT2D eigenvalue weighted by atomic mass is 32.2. The lowest BCUT2D eigenvalue weighted by Crippen LogP contribution is -2.48. The summed E-state index contributed by atoms with van der Waals surface area (Å²) in [6, 6.07) is 10.1. The van der Waals surface area contributed by atoms with Crippen molar-refractivity contribution in [1.82, 2.24) is 19.4 Å². The van der Waals surface area contributed by atoms with Crippen molar-refractivity contribution in [3.8, 4) is 0 Å². The van der Waals surface area contributed by atoms with E-state index < -0.39 is 16.0 Å². The van der Waals surface area contributed by atoms with E-state index in [9.17, 15) is 13.2 Å². The van der Waals surface area contributed by atoms with Gasteiger partial charge in [0.15, 0.2) is 5.03 Å². The fourth-order valence-electron chi connectivity index (χ4n) is 2.92. The Balaban J connectivity index is 1.67. The Morgan fingerprint density at radius 2 is 1.88 bits per heavy atom. The summed E-state index contributed by atoms with van der Waals surface area (Å²) in [5.74, 6) is -0.692. The van der Waals surface area contributed by atoms with Crippen LogP contribution in [0.25, 0.3) is 0 Å². The normalized spacial score (nSPS) is 16.5. The van der Waals surface area contributed by atoms with Gasteiger partial charge in [-0.2, -0.15) is 9.40 Å². The maximum absolute atomic E-state index is 12.9. The van der Waals surface area contributed by atoms with E-state index in [1.807, 2.05) is 18.2 Å². The maximum atomic E-state index is 12.9. The van der Waals surface area contributed by atoms with Gasteiger partial charge in [0.2, 0.25) is 0 Å². The summed E-state index contributed by atoms with van der Waals surface area (Å²) in [5.41, 5.74) is 1.14. The first-order valence-corrected chi connectivity index (χ1v) is 9.93. The number of rotatable bonds is 6. The Kier molecular flexibility index (Phi) is 5.70. The van der Waals surface area contributed by atoms with Gasteiger partial charge in [0.25, 0.3) is 10.0 Å². The minimum absolute atomic E-state index is 0.0569. The number of H-pyrrole nitrogens is 1. The molecule has 140 valence electrons. The van der Waals surface area contributed by atoms with Crippen LogP contribution < -0.4 is 0 Å². The van der Waals surface area contributed by atoms with Crippen LogP contribution in [-0.4, -0.2) is 66.6 Å². The monoisotopic (exact) mass is 378 g/mol. The molecule has 0 unspecified atom stereocenters. The van der Waals surface area contributed by atoms with Gasteiger partial charge >= 0.3 is 5.97 Å². The molecule has 8 nitrogen and oxygen atoms in total. The lowest BCUT2D eigenvalue weighted by molar-refractivity contribution is 0.0521. The third-order valence-corrected chi connectivity index (χ3v) is 6.15. The van der Waals surface area contributed by atoms with Crippen molar-refractivity contribution in [2.45, 2.75) is 18.5 Å². The van der Waals surface area contributed by atoms with Crippen LogP contribution >= 0.6 is 0 Å². The second-order valence-corrected chi connectivity index (χ2v) is 7.87. The molecular weight excluding hydrogens is 356 g/mol. The summed E-state index contributed by atoms with van der Waals surface area (Å²) in [5, 5.41) is 5.95. The van der Waals surface area contributed by atoms with Gasteiger partial charge in [-0.15, -0.1) is 0 Å². The molecule has 0 spiro atoms. The van der Waals surface area contributed by atoms with Gasteiger partial charge in [0.05, 0.1) is 12.8 Å². The molecule has 1 aliphatic rings. The molecule has 1 saturated heterocycles. The van der Waals surface area contributed by atoms with Crippen LogP contribution in [0.4, 0.5) is 0 Å². The summed E-state index contributed by atoms with van der Waals surface area (Å²) >= 11 is 0. The van der Waals surface area contributed by atoms with Crippen LogP contribution in [0.2, 0.25) is 0 Å². The number of nitrogens with zero attached hydrogens (tertiary/aromatic N) is 3. The number of sulfonamides is 1. The van der Waals surface area contributed by atoms with E-state index >= 15 is 0 Å². The van der Waals surface area contributed by atoms with E-state index in [2.05, 4.69) is 27.2 Å². The largest absolute Gasteiger partial charge is 0.462 e. The van der Waals surface area contributed by atoms with Crippen molar-refractivity contribution in [3.05, 3.63) is 47.7 Å². The Hall–Kier alpha value is -2.23. The Labute approximate surface area is 152 Å². The molecule has 1 N–H and O–H groups in total. The minimum Gasteiger partial charge on any atom is -0.462 e. The van der Waals surface area contributed by atoms with Gasteiger partial charge in [0.1, 0.15) is 5.56 Å². The summed E-state index contributed by atoms with van der Waals surface area (Å²) in [6.45, 7) is 4.58. The zero-order valence-corrected chi connectivity index (χ0v) is 15.4. The number of nitrogens with one attached hydrogen (secondary N) is 1. The standard InChI is InChI=1S/C17H22N4O4S/c1-2-25-17(22)15-12-18-19-16(15)26(23,24)21-10-8-20(9-11-21)13-14-6-4-3-5-7-14/h3-7,12H,2,8-11,13H2,1H3,(H,18,19). The van der Waals surface area contributed by atoms with E-state index in [4.69, 9.17) is 4.74 Å². The highest BCUT2D eigenvalue weighted by Crippen LogP contribution is 2.20. The van der Waals surface area contributed by atoms with Crippen LogP contribution in [0.5, 0.6) is 0 Å². The molecule has 0 bridgehead atoms. The number of esters is 1. The second kappa shape index (κ2) is 7.98. The molecule has 0 aliphatic carbocycles. The Bertz CT molecular complexity index is 843. The average molecular weight is 378 g/mol. The molecule has 9 heteroatoms. The fourth-order valence-corrected chi connectivity index (χ4v) is 4.41. The molecular formula is C17H22N4O4S. The summed E-state index contributed by atoms with van der Waals surface area (Å²) < 4.78 is 32.0. The maximum Gasteiger partial charge on any atom is 0.342 e. The first kappa shape index (κ1) is 18.6. The molecule has 1 fully saturated rings. The highest BCUT2D eigenvalue weighted by molar-refractivity contribution is 7.89. The molecule has 1 aliphatic heterocycles. The number of piperazine rings is 1. The van der Waals surface area contributed by atoms with E-state index in [1.165, 1.54) is 16.1 Å². The number of carbonyl (C=O) groups excluding carboxylic acids is 1. The van der Waals surface area contributed by atoms with Crippen molar-refractivity contribution >= 4 is 16.0 Å². The SMILES string of the molecule is CCOC(=O)c1cn[nH]c1S(=O)(=O)N1CCN(Cc2ccccc2)CC1. The van der Waals surface area contributed by atoms with E-state index in [0.717, 1.165) is 6.54 Å². The number of aromatic amines is 1. The molecule has 26 heavy (non-hydrogen) atoms. The molecule has 0 saturated carbocycles. The zero-order valence-electron chi connectivity index (χ0n) is 14.6. The van der Waals surface area contributed by atoms with Crippen LogP contribution in [0.3, 0.4) is 0 Å². The van der Waals surface area contributed by atoms with E-state index in [-0.39, 0.29) is 17.2 Å². The fraction of sp³-hybridized carbons (Fsp3) is 0.412. The van der Waals surface area contributed by atoms with Crippen LogP contribution in [0.15, 0.2) is 41.6 Å². The van der Waals surface area contributed by atoms with Gasteiger partial charge in [-0.1, -0.05) is 30.3 Å². The highest BCUT2D eigenvalue weighted by Gasteiger charge is 2.33. The van der Waals surface area contributed by atoms with Gasteiger partial charge < -0.3 is 4.74 Å². The number of ether oxygens (including phenoxy) is 1. The molecule has 0 radical (unpaired) electrons. The van der Waals surface area contributed by atoms with E-state index in [0.29, 0.717) is 26.2 Å². The van der Waals surface area contributed by atoms with Crippen LogP contribution in [-0.2, 0) is 21.3 Å². The van der Waals surface area contributed by atoms with Gasteiger partial charge in [-0.3, -0.25) is 10.00 Å². The van der Waals surface area contributed by atoms with Crippen LogP contribution in [0, 0.1) is 0 Å². The third-order valence-electron chi connectivity index (χ3n) is 4.28. The second-order valence-electron chi connectivity index (χ2n) is 6.00. The molecule has 3 rings (SSSR count). The van der Waals surface area contributed by atoms with E-state index in [1.54, 1.807) is 6.92 Å². The number of benzene rings is 1. The number of carbonyl (C=O) groups is 1. The quantitative estimate of drug-likeness (QED) is 0.756. The molecule has 2 heterocycles. The molecule has 1 aromatic carbocycles. The van der Waals surface area contributed by atoms with Gasteiger partial charge in [-0.05, 0) is 12.5 Å². The van der Waals surface area contributed by atoms with Crippen molar-refractivity contribution < 1.29 is 17.9 Å². The first-order valence-electron chi connectivity index (χ1n) is 8.49. The van der Waals surface area contributed by atoms with Crippen LogP contribution in [0.1, 0.15) is 22.8 Å². The van der Waals surface area contributed by atoms with Gasteiger partial charge in [0, 0.05) is 32.7 Å². The molecule has 1 aromatic heterocycles. The number of hydrogen-bond donors (Lipinski definition) is 1. The summed E-state index contributed by atoms with van der Waals surface area (Å²) in [6.07, 6.45) is 1.19. The number of hydrogen-bond acceptors (Lipinski definition) is 6. The lowest BCUT2D eigenvalue weighted by atomic mass is 10.2. The lowest BCUT2D eigenvalue weighted by Gasteiger charge is -2.33. The predicted molar refractivity (Wildman–Crippen MR) is 95.0 cm³/mol. The van der Waals surface area contributed by atoms with Crippen molar-refractivity contribution in [1.29, 1.82) is 0 Å². The molecule has 2 aromatic rings. The van der Waals surface area contributed by atoms with Crippen molar-refractivity contribution in [2.24, 2.45) is 0 Å². The number of aromatic nitrogens is 2. The third kappa shape index (κ3) is 3.95. The summed E-state index contributed by atoms with van der Waals surface area (Å²) in [4.78, 5) is 14.1. The zero-order chi connectivity index (χ0) is 18.6. The molecule has 0 amide bonds. The Morgan fingerprint density at radius 1 is 1.19 bits per heavy atom. The smallest absolute Gasteiger partial charge is 0.342 e.